The van der Waals surface area contributed by atoms with Crippen molar-refractivity contribution in [3.05, 3.63) is 17.5 Å². The number of nitrogens with two attached hydrogens (primary N) is 1. The van der Waals surface area contributed by atoms with E-state index in [0.717, 1.165) is 75.4 Å². The molecule has 3 aliphatic rings. The Hall–Kier alpha value is -2.45. The highest BCUT2D eigenvalue weighted by Crippen LogP contribution is 2.45. The van der Waals surface area contributed by atoms with E-state index in [0.29, 0.717) is 23.2 Å². The first-order chi connectivity index (χ1) is 16.5. The van der Waals surface area contributed by atoms with Crippen LogP contribution in [-0.4, -0.2) is 65.3 Å². The molecule has 34 heavy (non-hydrogen) atoms. The van der Waals surface area contributed by atoms with E-state index in [-0.39, 0.29) is 5.41 Å². The topological polar surface area (TPSA) is 93.5 Å². The molecule has 4 heterocycles. The van der Waals surface area contributed by atoms with Crippen LogP contribution in [-0.2, 0) is 17.6 Å². The molecular weight excluding hydrogens is 428 g/mol. The highest BCUT2D eigenvalue weighted by molar-refractivity contribution is 6.06. The van der Waals surface area contributed by atoms with Gasteiger partial charge in [-0.3, -0.25) is 4.90 Å². The van der Waals surface area contributed by atoms with Crippen LogP contribution in [0, 0.1) is 5.41 Å². The fourth-order valence-corrected chi connectivity index (χ4v) is 6.19. The van der Waals surface area contributed by atoms with Gasteiger partial charge < -0.3 is 19.8 Å². The molecule has 1 saturated carbocycles. The van der Waals surface area contributed by atoms with Gasteiger partial charge in [0.2, 0.25) is 5.71 Å². The molecule has 2 aliphatic carbocycles. The Morgan fingerprint density at radius 3 is 2.74 bits per heavy atom. The average molecular weight is 465 g/mol. The number of rotatable bonds is 5. The molecule has 6 rings (SSSR count). The van der Waals surface area contributed by atoms with Crippen molar-refractivity contribution < 1.29 is 9.15 Å². The second-order valence-corrected chi connectivity index (χ2v) is 11.0. The van der Waals surface area contributed by atoms with E-state index in [1.54, 1.807) is 0 Å². The number of aromatic nitrogens is 3. The zero-order chi connectivity index (χ0) is 23.3. The lowest BCUT2D eigenvalue weighted by Crippen LogP contribution is -2.44. The third-order valence-electron chi connectivity index (χ3n) is 8.13. The molecule has 2 fully saturated rings. The Bertz CT molecular complexity index is 1190. The van der Waals surface area contributed by atoms with Gasteiger partial charge in [-0.05, 0) is 48.6 Å². The molecule has 0 bridgehead atoms. The minimum Gasteiger partial charge on any atom is -0.432 e. The minimum absolute atomic E-state index is 0.229. The third kappa shape index (κ3) is 3.90. The number of ether oxygens (including phenoxy) is 1. The molecule has 0 radical (unpaired) electrons. The van der Waals surface area contributed by atoms with Crippen molar-refractivity contribution in [3.63, 3.8) is 0 Å². The Kier molecular flexibility index (Phi) is 5.60. The Morgan fingerprint density at radius 1 is 1.15 bits per heavy atom. The van der Waals surface area contributed by atoms with E-state index in [1.807, 2.05) is 0 Å². The average Bonchev–Trinajstić information content (AvgIpc) is 3.48. The first kappa shape index (κ1) is 22.0. The van der Waals surface area contributed by atoms with Gasteiger partial charge in [0.1, 0.15) is 17.7 Å². The fourth-order valence-electron chi connectivity index (χ4n) is 6.19. The van der Waals surface area contributed by atoms with E-state index >= 15 is 0 Å². The maximum atomic E-state index is 6.25. The molecule has 8 nitrogen and oxygen atoms in total. The zero-order valence-corrected chi connectivity index (χ0v) is 20.5. The lowest BCUT2D eigenvalue weighted by molar-refractivity contribution is 0.0389. The van der Waals surface area contributed by atoms with Crippen LogP contribution in [0.3, 0.4) is 0 Å². The lowest BCUT2D eigenvalue weighted by Gasteiger charge is -2.38. The summed E-state index contributed by atoms with van der Waals surface area (Å²) in [4.78, 5) is 19.1. The first-order valence-corrected chi connectivity index (χ1v) is 12.9. The van der Waals surface area contributed by atoms with Crippen molar-refractivity contribution in [2.75, 3.05) is 50.0 Å². The van der Waals surface area contributed by atoms with Gasteiger partial charge in [0.15, 0.2) is 11.4 Å². The molecular formula is C26H36N6O2. The number of fused-ring (bicyclic) bond motifs is 5. The van der Waals surface area contributed by atoms with Crippen LogP contribution in [0.4, 0.5) is 11.6 Å². The first-order valence-electron chi connectivity index (χ1n) is 12.9. The highest BCUT2D eigenvalue weighted by atomic mass is 16.5. The van der Waals surface area contributed by atoms with Crippen LogP contribution in [0.1, 0.15) is 57.1 Å². The van der Waals surface area contributed by atoms with Crippen molar-refractivity contribution in [3.8, 4) is 0 Å². The summed E-state index contributed by atoms with van der Waals surface area (Å²) in [5, 5.41) is 1.04. The number of pyridine rings is 1. The molecule has 0 unspecified atom stereocenters. The van der Waals surface area contributed by atoms with Gasteiger partial charge in [0.25, 0.3) is 0 Å². The number of hydrogen-bond donors (Lipinski definition) is 1. The van der Waals surface area contributed by atoms with Crippen molar-refractivity contribution in [1.82, 2.24) is 19.9 Å². The van der Waals surface area contributed by atoms with Gasteiger partial charge in [-0.15, -0.1) is 0 Å². The Labute approximate surface area is 200 Å². The summed E-state index contributed by atoms with van der Waals surface area (Å²) in [6.07, 6.45) is 9.80. The summed E-state index contributed by atoms with van der Waals surface area (Å²) in [6, 6.07) is 0.541. The number of nitrogen functional groups attached to an aromatic ring is 1. The smallest absolute Gasteiger partial charge is 0.231 e. The molecule has 3 aromatic heterocycles. The predicted molar refractivity (Wildman–Crippen MR) is 134 cm³/mol. The maximum absolute atomic E-state index is 6.25. The maximum Gasteiger partial charge on any atom is 0.231 e. The second-order valence-electron chi connectivity index (χ2n) is 11.0. The molecule has 3 aromatic rings. The molecule has 0 amide bonds. The molecule has 0 aromatic carbocycles. The molecule has 0 spiro atoms. The van der Waals surface area contributed by atoms with Crippen LogP contribution in [0.15, 0.2) is 10.7 Å². The van der Waals surface area contributed by atoms with E-state index in [9.17, 15) is 0 Å². The molecule has 2 N–H and O–H groups in total. The number of anilines is 2. The van der Waals surface area contributed by atoms with Gasteiger partial charge >= 0.3 is 0 Å². The minimum atomic E-state index is 0.229. The zero-order valence-electron chi connectivity index (χ0n) is 20.5. The standard InChI is InChI=1S/C26H36N6O2/c1-26(2)8-7-18-19(15-26)20-21-22(23(27)29-16-28-21)34-25(20)30-24(18)32(17-5-3-4-6-17)10-9-31-11-13-33-14-12-31/h16-17H,3-15H2,1-2H3,(H2,27,28,29). The second kappa shape index (κ2) is 8.64. The summed E-state index contributed by atoms with van der Waals surface area (Å²) in [5.74, 6) is 1.51. The van der Waals surface area contributed by atoms with Gasteiger partial charge in [0.05, 0.1) is 18.6 Å². The number of furan rings is 1. The number of nitrogens with zero attached hydrogens (tertiary/aromatic N) is 5. The monoisotopic (exact) mass is 464 g/mol. The normalized spacial score (nSPS) is 21.4. The lowest BCUT2D eigenvalue weighted by atomic mass is 9.73. The largest absolute Gasteiger partial charge is 0.432 e. The number of hydrogen-bond acceptors (Lipinski definition) is 8. The van der Waals surface area contributed by atoms with Gasteiger partial charge in [-0.25, -0.2) is 9.97 Å². The summed E-state index contributed by atoms with van der Waals surface area (Å²) in [7, 11) is 0. The van der Waals surface area contributed by atoms with Gasteiger partial charge in [-0.2, -0.15) is 4.98 Å². The highest BCUT2D eigenvalue weighted by Gasteiger charge is 2.35. The fraction of sp³-hybridized carbons (Fsp3) is 0.654. The van der Waals surface area contributed by atoms with Crippen LogP contribution in [0.25, 0.3) is 22.2 Å². The molecule has 8 heteroatoms. The Morgan fingerprint density at radius 2 is 1.94 bits per heavy atom. The number of morpholine rings is 1. The summed E-state index contributed by atoms with van der Waals surface area (Å²) < 4.78 is 11.8. The predicted octanol–water partition coefficient (Wildman–Crippen LogP) is 3.95. The van der Waals surface area contributed by atoms with Gasteiger partial charge in [-0.1, -0.05) is 26.7 Å². The molecule has 1 saturated heterocycles. The van der Waals surface area contributed by atoms with E-state index in [1.165, 1.54) is 43.1 Å². The molecule has 182 valence electrons. The molecule has 0 atom stereocenters. The molecule has 1 aliphatic heterocycles. The van der Waals surface area contributed by atoms with Crippen molar-refractivity contribution >= 4 is 33.8 Å². The van der Waals surface area contributed by atoms with Crippen LogP contribution in [0.5, 0.6) is 0 Å². The SMILES string of the molecule is CC1(C)CCc2c(N(CCN3CCOCC3)C3CCCC3)nc3oc4c(N)ncnc4c3c2C1. The van der Waals surface area contributed by atoms with Crippen LogP contribution >= 0.6 is 0 Å². The van der Waals surface area contributed by atoms with Crippen molar-refractivity contribution in [1.29, 1.82) is 0 Å². The Balaban J connectivity index is 1.48. The van der Waals surface area contributed by atoms with E-state index < -0.39 is 0 Å². The van der Waals surface area contributed by atoms with E-state index in [4.69, 9.17) is 19.9 Å². The quantitative estimate of drug-likeness (QED) is 0.607. The van der Waals surface area contributed by atoms with Gasteiger partial charge in [0, 0.05) is 32.2 Å². The summed E-state index contributed by atoms with van der Waals surface area (Å²) in [5.41, 5.74) is 11.2. The van der Waals surface area contributed by atoms with Crippen molar-refractivity contribution in [2.45, 2.75) is 64.8 Å². The van der Waals surface area contributed by atoms with Crippen LogP contribution in [0.2, 0.25) is 0 Å². The summed E-state index contributed by atoms with van der Waals surface area (Å²) >= 11 is 0. The van der Waals surface area contributed by atoms with Crippen molar-refractivity contribution in [2.24, 2.45) is 5.41 Å². The van der Waals surface area contributed by atoms with Crippen LogP contribution < -0.4 is 10.6 Å². The summed E-state index contributed by atoms with van der Waals surface area (Å²) in [6.45, 7) is 10.4. The third-order valence-corrected chi connectivity index (χ3v) is 8.13. The van der Waals surface area contributed by atoms with E-state index in [2.05, 4.69) is 33.6 Å².